The van der Waals surface area contributed by atoms with Crippen molar-refractivity contribution >= 4 is 5.97 Å². The van der Waals surface area contributed by atoms with E-state index in [0.717, 1.165) is 25.1 Å². The van der Waals surface area contributed by atoms with Gasteiger partial charge in [-0.3, -0.25) is 10.1 Å². The number of aromatic nitrogens is 2. The highest BCUT2D eigenvalue weighted by Crippen LogP contribution is 2.06. The molecule has 1 aromatic rings. The number of nitrogens with zero attached hydrogens (tertiary/aromatic N) is 2. The molecule has 0 saturated carbocycles. The van der Waals surface area contributed by atoms with E-state index in [2.05, 4.69) is 22.4 Å². The lowest BCUT2D eigenvalue weighted by molar-refractivity contribution is -0.144. The molecule has 6 nitrogen and oxygen atoms in total. The van der Waals surface area contributed by atoms with Gasteiger partial charge in [0.05, 0.1) is 13.7 Å². The van der Waals surface area contributed by atoms with E-state index in [1.54, 1.807) is 0 Å². The predicted octanol–water partition coefficient (Wildman–Crippen LogP) is 1.70. The Kier molecular flexibility index (Phi) is 6.49. The van der Waals surface area contributed by atoms with E-state index in [-0.39, 0.29) is 17.9 Å². The lowest BCUT2D eigenvalue weighted by Crippen LogP contribution is -2.41. The first-order chi connectivity index (χ1) is 9.08. The zero-order chi connectivity index (χ0) is 14.3. The van der Waals surface area contributed by atoms with Crippen LogP contribution in [0.4, 0.5) is 0 Å². The van der Waals surface area contributed by atoms with Crippen LogP contribution in [0.3, 0.4) is 0 Å². The molecule has 1 rings (SSSR count). The summed E-state index contributed by atoms with van der Waals surface area (Å²) in [5.74, 6) is 1.08. The Morgan fingerprint density at radius 1 is 1.47 bits per heavy atom. The number of rotatable bonds is 8. The van der Waals surface area contributed by atoms with Gasteiger partial charge in [-0.25, -0.2) is 0 Å². The first-order valence-corrected chi connectivity index (χ1v) is 6.71. The second kappa shape index (κ2) is 7.89. The maximum atomic E-state index is 11.6. The van der Waals surface area contributed by atoms with Crippen molar-refractivity contribution in [2.24, 2.45) is 5.92 Å². The zero-order valence-electron chi connectivity index (χ0n) is 12.1. The fourth-order valence-corrected chi connectivity index (χ4v) is 1.71. The second-order valence-corrected chi connectivity index (χ2v) is 4.83. The van der Waals surface area contributed by atoms with Gasteiger partial charge in [0, 0.05) is 6.42 Å². The molecule has 108 valence electrons. The second-order valence-electron chi connectivity index (χ2n) is 4.83. The fraction of sp³-hybridized carbons (Fsp3) is 0.769. The number of ether oxygens (including phenoxy) is 1. The minimum atomic E-state index is -0.365. The van der Waals surface area contributed by atoms with E-state index in [0.29, 0.717) is 12.4 Å². The minimum absolute atomic E-state index is 0.134. The monoisotopic (exact) mass is 269 g/mol. The summed E-state index contributed by atoms with van der Waals surface area (Å²) in [6.07, 6.45) is 2.97. The summed E-state index contributed by atoms with van der Waals surface area (Å²) in [5, 5.41) is 6.98. The van der Waals surface area contributed by atoms with Crippen LogP contribution in [0.1, 0.15) is 45.3 Å². The van der Waals surface area contributed by atoms with Crippen LogP contribution < -0.4 is 5.32 Å². The highest BCUT2D eigenvalue weighted by Gasteiger charge is 2.23. The van der Waals surface area contributed by atoms with Crippen molar-refractivity contribution in [1.82, 2.24) is 15.5 Å². The average Bonchev–Trinajstić information content (AvgIpc) is 2.83. The lowest BCUT2D eigenvalue weighted by Gasteiger charge is -2.18. The largest absolute Gasteiger partial charge is 0.468 e. The fourth-order valence-electron chi connectivity index (χ4n) is 1.71. The Hall–Kier alpha value is -1.43. The van der Waals surface area contributed by atoms with Gasteiger partial charge >= 0.3 is 5.97 Å². The Labute approximate surface area is 113 Å². The van der Waals surface area contributed by atoms with Crippen LogP contribution >= 0.6 is 0 Å². The molecule has 0 aliphatic rings. The third-order valence-electron chi connectivity index (χ3n) is 2.86. The lowest BCUT2D eigenvalue weighted by atomic mass is 10.1. The molecular weight excluding hydrogens is 246 g/mol. The quantitative estimate of drug-likeness (QED) is 0.724. The van der Waals surface area contributed by atoms with Gasteiger partial charge in [-0.15, -0.1) is 0 Å². The van der Waals surface area contributed by atoms with Crippen LogP contribution in [-0.2, 0) is 22.5 Å². The molecule has 0 saturated heterocycles. The van der Waals surface area contributed by atoms with E-state index in [1.807, 2.05) is 13.8 Å². The van der Waals surface area contributed by atoms with Gasteiger partial charge in [0.15, 0.2) is 5.82 Å². The zero-order valence-corrected chi connectivity index (χ0v) is 12.1. The third kappa shape index (κ3) is 4.98. The number of hydrogen-bond acceptors (Lipinski definition) is 6. The predicted molar refractivity (Wildman–Crippen MR) is 70.4 cm³/mol. The Balaban J connectivity index is 2.50. The Morgan fingerprint density at radius 2 is 2.21 bits per heavy atom. The van der Waals surface area contributed by atoms with E-state index < -0.39 is 0 Å². The maximum Gasteiger partial charge on any atom is 0.323 e. The number of methoxy groups -OCH3 is 1. The van der Waals surface area contributed by atoms with Gasteiger partial charge in [0.1, 0.15) is 6.04 Å². The van der Waals surface area contributed by atoms with Gasteiger partial charge in [0.25, 0.3) is 0 Å². The smallest absolute Gasteiger partial charge is 0.323 e. The van der Waals surface area contributed by atoms with Crippen molar-refractivity contribution in [3.8, 4) is 0 Å². The molecule has 0 aliphatic heterocycles. The van der Waals surface area contributed by atoms with Crippen LogP contribution in [0, 0.1) is 5.92 Å². The molecule has 1 unspecified atom stereocenters. The summed E-state index contributed by atoms with van der Waals surface area (Å²) >= 11 is 0. The molecule has 1 heterocycles. The first kappa shape index (κ1) is 15.6. The molecule has 0 radical (unpaired) electrons. The summed E-state index contributed by atoms with van der Waals surface area (Å²) in [6.45, 7) is 6.40. The van der Waals surface area contributed by atoms with Crippen molar-refractivity contribution in [2.45, 2.75) is 52.6 Å². The van der Waals surface area contributed by atoms with Crippen molar-refractivity contribution in [1.29, 1.82) is 0 Å². The van der Waals surface area contributed by atoms with Crippen LogP contribution in [0.15, 0.2) is 4.52 Å². The highest BCUT2D eigenvalue weighted by molar-refractivity contribution is 5.75. The van der Waals surface area contributed by atoms with E-state index in [4.69, 9.17) is 9.26 Å². The molecule has 1 aromatic heterocycles. The summed E-state index contributed by atoms with van der Waals surface area (Å²) < 4.78 is 9.88. The van der Waals surface area contributed by atoms with Gasteiger partial charge in [-0.1, -0.05) is 32.3 Å². The van der Waals surface area contributed by atoms with Crippen LogP contribution in [-0.4, -0.2) is 29.3 Å². The molecule has 0 aliphatic carbocycles. The molecular formula is C13H23N3O3. The van der Waals surface area contributed by atoms with Crippen molar-refractivity contribution in [3.05, 3.63) is 11.7 Å². The Morgan fingerprint density at radius 3 is 2.79 bits per heavy atom. The van der Waals surface area contributed by atoms with Crippen LogP contribution in [0.5, 0.6) is 0 Å². The normalized spacial score (nSPS) is 12.7. The van der Waals surface area contributed by atoms with E-state index in [9.17, 15) is 4.79 Å². The van der Waals surface area contributed by atoms with Crippen LogP contribution in [0.25, 0.3) is 0 Å². The first-order valence-electron chi connectivity index (χ1n) is 6.71. The van der Waals surface area contributed by atoms with E-state index in [1.165, 1.54) is 7.11 Å². The molecule has 0 fully saturated rings. The number of unbranched alkanes of at least 4 members (excludes halogenated alkanes) is 1. The molecule has 19 heavy (non-hydrogen) atoms. The van der Waals surface area contributed by atoms with E-state index >= 15 is 0 Å². The molecule has 1 N–H and O–H groups in total. The number of carbonyl (C=O) groups excluding carboxylic acids is 1. The minimum Gasteiger partial charge on any atom is -0.468 e. The van der Waals surface area contributed by atoms with Crippen molar-refractivity contribution < 1.29 is 14.1 Å². The van der Waals surface area contributed by atoms with Gasteiger partial charge in [-0.05, 0) is 12.3 Å². The molecule has 0 aromatic carbocycles. The summed E-state index contributed by atoms with van der Waals surface area (Å²) in [5.41, 5.74) is 0. The van der Waals surface area contributed by atoms with Crippen LogP contribution in [0.2, 0.25) is 0 Å². The number of aryl methyl sites for hydroxylation is 1. The molecule has 1 atom stereocenters. The average molecular weight is 269 g/mol. The Bertz CT molecular complexity index is 390. The molecule has 6 heteroatoms. The van der Waals surface area contributed by atoms with Crippen molar-refractivity contribution in [2.75, 3.05) is 7.11 Å². The maximum absolute atomic E-state index is 11.6. The summed E-state index contributed by atoms with van der Waals surface area (Å²) in [7, 11) is 1.38. The number of nitrogens with one attached hydrogen (secondary N) is 1. The molecule has 0 bridgehead atoms. The highest BCUT2D eigenvalue weighted by atomic mass is 16.5. The van der Waals surface area contributed by atoms with Gasteiger partial charge in [-0.2, -0.15) is 4.98 Å². The molecule has 0 amide bonds. The number of carbonyl (C=O) groups is 1. The standard InChI is InChI=1S/C13H23N3O3/c1-5-6-7-10-15-11(19-16-10)8-14-12(9(2)3)13(17)18-4/h9,12,14H,5-8H2,1-4H3. The van der Waals surface area contributed by atoms with Gasteiger partial charge < -0.3 is 9.26 Å². The summed E-state index contributed by atoms with van der Waals surface area (Å²) in [4.78, 5) is 15.8. The SMILES string of the molecule is CCCCc1noc(CNC(C(=O)OC)C(C)C)n1. The van der Waals surface area contributed by atoms with Gasteiger partial charge in [0.2, 0.25) is 5.89 Å². The number of hydrogen-bond donors (Lipinski definition) is 1. The topological polar surface area (TPSA) is 77.2 Å². The van der Waals surface area contributed by atoms with Crippen molar-refractivity contribution in [3.63, 3.8) is 0 Å². The third-order valence-corrected chi connectivity index (χ3v) is 2.86. The molecule has 0 spiro atoms. The summed E-state index contributed by atoms with van der Waals surface area (Å²) in [6, 6.07) is -0.365. The number of esters is 1.